The molecule has 72 valence electrons. The lowest BCUT2D eigenvalue weighted by Gasteiger charge is -2.37. The standard InChI is InChI=1S/C10H20O2/c1-8(2)7-9-5-4-6-12-10(9,3)11/h8-9,11H,4-7H2,1-3H3. The van der Waals surface area contributed by atoms with Crippen LogP contribution in [0.4, 0.5) is 0 Å². The van der Waals surface area contributed by atoms with Crippen molar-refractivity contribution in [1.29, 1.82) is 0 Å². The first kappa shape index (κ1) is 10.0. The van der Waals surface area contributed by atoms with E-state index in [0.29, 0.717) is 18.4 Å². The summed E-state index contributed by atoms with van der Waals surface area (Å²) in [5.74, 6) is 0.0946. The smallest absolute Gasteiger partial charge is 0.165 e. The summed E-state index contributed by atoms with van der Waals surface area (Å²) in [6, 6.07) is 0. The van der Waals surface area contributed by atoms with Gasteiger partial charge in [0.1, 0.15) is 0 Å². The average Bonchev–Trinajstić information content (AvgIpc) is 1.92. The van der Waals surface area contributed by atoms with Crippen LogP contribution in [-0.2, 0) is 4.74 Å². The first-order valence-corrected chi connectivity index (χ1v) is 4.88. The average molecular weight is 172 g/mol. The Kier molecular flexibility index (Phi) is 3.13. The minimum Gasteiger partial charge on any atom is -0.365 e. The van der Waals surface area contributed by atoms with E-state index in [0.717, 1.165) is 19.3 Å². The minimum atomic E-state index is -0.872. The molecule has 0 amide bonds. The van der Waals surface area contributed by atoms with Gasteiger partial charge in [-0.1, -0.05) is 13.8 Å². The number of hydrogen-bond donors (Lipinski definition) is 1. The molecule has 12 heavy (non-hydrogen) atoms. The second-order valence-electron chi connectivity index (χ2n) is 4.37. The van der Waals surface area contributed by atoms with Crippen molar-refractivity contribution in [2.75, 3.05) is 6.61 Å². The Balaban J connectivity index is 2.48. The first-order chi connectivity index (χ1) is 5.52. The maximum absolute atomic E-state index is 9.86. The van der Waals surface area contributed by atoms with E-state index in [1.165, 1.54) is 0 Å². The highest BCUT2D eigenvalue weighted by molar-refractivity contribution is 4.77. The molecule has 1 aliphatic heterocycles. The third kappa shape index (κ3) is 2.46. The molecule has 1 heterocycles. The van der Waals surface area contributed by atoms with Crippen LogP contribution in [0, 0.1) is 11.8 Å². The number of hydrogen-bond acceptors (Lipinski definition) is 2. The summed E-state index contributed by atoms with van der Waals surface area (Å²) in [5, 5.41) is 9.86. The zero-order valence-corrected chi connectivity index (χ0v) is 8.34. The molecule has 2 atom stereocenters. The summed E-state index contributed by atoms with van der Waals surface area (Å²) in [6.07, 6.45) is 3.26. The molecular weight excluding hydrogens is 152 g/mol. The summed E-state index contributed by atoms with van der Waals surface area (Å²) in [7, 11) is 0. The lowest BCUT2D eigenvalue weighted by molar-refractivity contribution is -0.247. The molecule has 2 unspecified atom stereocenters. The number of rotatable bonds is 2. The van der Waals surface area contributed by atoms with Crippen molar-refractivity contribution >= 4 is 0 Å². The van der Waals surface area contributed by atoms with Gasteiger partial charge in [0.05, 0.1) is 6.61 Å². The molecular formula is C10H20O2. The second-order valence-corrected chi connectivity index (χ2v) is 4.37. The summed E-state index contributed by atoms with van der Waals surface area (Å²) in [5.41, 5.74) is 0. The third-order valence-corrected chi connectivity index (χ3v) is 2.60. The van der Waals surface area contributed by atoms with Crippen molar-refractivity contribution in [1.82, 2.24) is 0 Å². The molecule has 0 aromatic carbocycles. The van der Waals surface area contributed by atoms with E-state index in [9.17, 15) is 5.11 Å². The Hall–Kier alpha value is -0.0800. The summed E-state index contributed by atoms with van der Waals surface area (Å²) in [6.45, 7) is 6.87. The van der Waals surface area contributed by atoms with Crippen LogP contribution >= 0.6 is 0 Å². The van der Waals surface area contributed by atoms with Crippen LogP contribution in [0.3, 0.4) is 0 Å². The number of aliphatic hydroxyl groups is 1. The predicted molar refractivity (Wildman–Crippen MR) is 48.8 cm³/mol. The molecule has 0 aromatic rings. The molecule has 1 N–H and O–H groups in total. The highest BCUT2D eigenvalue weighted by Gasteiger charge is 2.35. The Morgan fingerprint density at radius 1 is 1.58 bits per heavy atom. The van der Waals surface area contributed by atoms with Crippen LogP contribution in [0.15, 0.2) is 0 Å². The molecule has 1 rings (SSSR count). The van der Waals surface area contributed by atoms with Gasteiger partial charge in [-0.15, -0.1) is 0 Å². The summed E-state index contributed by atoms with van der Waals surface area (Å²) in [4.78, 5) is 0. The molecule has 0 bridgehead atoms. The van der Waals surface area contributed by atoms with E-state index in [2.05, 4.69) is 13.8 Å². The maximum atomic E-state index is 9.86. The minimum absolute atomic E-state index is 0.325. The highest BCUT2D eigenvalue weighted by atomic mass is 16.6. The highest BCUT2D eigenvalue weighted by Crippen LogP contribution is 2.33. The molecule has 1 aliphatic rings. The fraction of sp³-hybridized carbons (Fsp3) is 1.00. The van der Waals surface area contributed by atoms with Crippen LogP contribution in [-0.4, -0.2) is 17.5 Å². The lowest BCUT2D eigenvalue weighted by atomic mass is 9.85. The van der Waals surface area contributed by atoms with Crippen LogP contribution in [0.5, 0.6) is 0 Å². The van der Waals surface area contributed by atoms with Gasteiger partial charge in [-0.2, -0.15) is 0 Å². The van der Waals surface area contributed by atoms with Gasteiger partial charge >= 0.3 is 0 Å². The SMILES string of the molecule is CC(C)CC1CCCOC1(C)O. The van der Waals surface area contributed by atoms with Crippen molar-refractivity contribution in [2.45, 2.75) is 45.8 Å². The summed E-state index contributed by atoms with van der Waals surface area (Å²) >= 11 is 0. The molecule has 0 saturated carbocycles. The van der Waals surface area contributed by atoms with E-state index < -0.39 is 5.79 Å². The Bertz CT molecular complexity index is 141. The fourth-order valence-electron chi connectivity index (χ4n) is 1.90. The predicted octanol–water partition coefficient (Wildman–Crippen LogP) is 2.17. The fourth-order valence-corrected chi connectivity index (χ4v) is 1.90. The van der Waals surface area contributed by atoms with Crippen LogP contribution in [0.1, 0.15) is 40.0 Å². The Labute approximate surface area is 74.9 Å². The van der Waals surface area contributed by atoms with Crippen LogP contribution < -0.4 is 0 Å². The van der Waals surface area contributed by atoms with Crippen molar-refractivity contribution in [3.8, 4) is 0 Å². The van der Waals surface area contributed by atoms with Crippen molar-refractivity contribution < 1.29 is 9.84 Å². The van der Waals surface area contributed by atoms with Crippen molar-refractivity contribution in [3.05, 3.63) is 0 Å². The molecule has 0 aromatic heterocycles. The van der Waals surface area contributed by atoms with Crippen molar-refractivity contribution in [3.63, 3.8) is 0 Å². The van der Waals surface area contributed by atoms with Gasteiger partial charge in [0, 0.05) is 5.92 Å². The quantitative estimate of drug-likeness (QED) is 0.691. The topological polar surface area (TPSA) is 29.5 Å². The number of ether oxygens (including phenoxy) is 1. The molecule has 0 spiro atoms. The largest absolute Gasteiger partial charge is 0.365 e. The lowest BCUT2D eigenvalue weighted by Crippen LogP contribution is -2.42. The van der Waals surface area contributed by atoms with Gasteiger partial charge in [-0.25, -0.2) is 0 Å². The molecule has 1 saturated heterocycles. The van der Waals surface area contributed by atoms with E-state index in [1.54, 1.807) is 6.92 Å². The van der Waals surface area contributed by atoms with Crippen molar-refractivity contribution in [2.24, 2.45) is 11.8 Å². The zero-order chi connectivity index (χ0) is 9.19. The van der Waals surface area contributed by atoms with Gasteiger partial charge in [0.25, 0.3) is 0 Å². The first-order valence-electron chi connectivity index (χ1n) is 4.88. The Morgan fingerprint density at radius 3 is 2.75 bits per heavy atom. The van der Waals surface area contributed by atoms with Gasteiger partial charge in [-0.3, -0.25) is 0 Å². The Morgan fingerprint density at radius 2 is 2.25 bits per heavy atom. The van der Waals surface area contributed by atoms with Gasteiger partial charge in [-0.05, 0) is 32.1 Å². The third-order valence-electron chi connectivity index (χ3n) is 2.60. The van der Waals surface area contributed by atoms with E-state index in [4.69, 9.17) is 4.74 Å². The molecule has 0 aliphatic carbocycles. The monoisotopic (exact) mass is 172 g/mol. The molecule has 0 radical (unpaired) electrons. The maximum Gasteiger partial charge on any atom is 0.165 e. The van der Waals surface area contributed by atoms with Gasteiger partial charge in [0.2, 0.25) is 0 Å². The zero-order valence-electron chi connectivity index (χ0n) is 8.34. The van der Waals surface area contributed by atoms with E-state index in [-0.39, 0.29) is 0 Å². The summed E-state index contributed by atoms with van der Waals surface area (Å²) < 4.78 is 5.33. The van der Waals surface area contributed by atoms with E-state index in [1.807, 2.05) is 0 Å². The molecule has 2 nitrogen and oxygen atoms in total. The normalized spacial score (nSPS) is 37.2. The van der Waals surface area contributed by atoms with E-state index >= 15 is 0 Å². The van der Waals surface area contributed by atoms with Crippen LogP contribution in [0.25, 0.3) is 0 Å². The van der Waals surface area contributed by atoms with Crippen LogP contribution in [0.2, 0.25) is 0 Å². The van der Waals surface area contributed by atoms with Gasteiger partial charge < -0.3 is 9.84 Å². The second kappa shape index (κ2) is 3.75. The van der Waals surface area contributed by atoms with Gasteiger partial charge in [0.15, 0.2) is 5.79 Å². The molecule has 1 fully saturated rings. The molecule has 2 heteroatoms.